The Morgan fingerprint density at radius 3 is 2.50 bits per heavy atom. The van der Waals surface area contributed by atoms with Gasteiger partial charge in [0.05, 0.1) is 5.01 Å². The van der Waals surface area contributed by atoms with Crippen LogP contribution in [0, 0.1) is 6.92 Å². The molecule has 2 heterocycles. The van der Waals surface area contributed by atoms with Crippen molar-refractivity contribution >= 4 is 21.7 Å². The van der Waals surface area contributed by atoms with E-state index in [1.165, 1.54) is 23.0 Å². The number of fused-ring (bicyclic) bond motifs is 1. The van der Waals surface area contributed by atoms with Crippen LogP contribution in [0.1, 0.15) is 5.01 Å². The maximum atomic E-state index is 11.6. The molecule has 0 aliphatic rings. The van der Waals surface area contributed by atoms with Crippen LogP contribution in [0.25, 0.3) is 10.3 Å². The van der Waals surface area contributed by atoms with E-state index in [1.54, 1.807) is 7.05 Å². The molecule has 5 nitrogen and oxygen atoms in total. The first-order chi connectivity index (χ1) is 6.52. The van der Waals surface area contributed by atoms with E-state index in [9.17, 15) is 9.59 Å². The van der Waals surface area contributed by atoms with E-state index in [-0.39, 0.29) is 11.2 Å². The normalized spacial score (nSPS) is 11.1. The molecule has 2 aromatic heterocycles. The van der Waals surface area contributed by atoms with Crippen molar-refractivity contribution in [1.29, 1.82) is 0 Å². The molecule has 74 valence electrons. The first-order valence-electron chi connectivity index (χ1n) is 4.05. The summed E-state index contributed by atoms with van der Waals surface area (Å²) in [4.78, 5) is 27.9. The highest BCUT2D eigenvalue weighted by Crippen LogP contribution is 2.15. The van der Waals surface area contributed by atoms with Gasteiger partial charge in [-0.25, -0.2) is 9.78 Å². The summed E-state index contributed by atoms with van der Waals surface area (Å²) < 4.78 is 2.52. The molecular formula is C8H9N3O2S. The highest BCUT2D eigenvalue weighted by molar-refractivity contribution is 7.18. The zero-order valence-electron chi connectivity index (χ0n) is 8.07. The van der Waals surface area contributed by atoms with Crippen molar-refractivity contribution in [2.24, 2.45) is 14.1 Å². The first kappa shape index (κ1) is 9.14. The average molecular weight is 211 g/mol. The van der Waals surface area contributed by atoms with Gasteiger partial charge >= 0.3 is 5.69 Å². The SMILES string of the molecule is Cc1nc2c(=O)n(C)c(=O)n(C)c2s1. The standard InChI is InChI=1S/C8H9N3O2S/c1-4-9-5-6(12)10(2)8(13)11(3)7(5)14-4/h1-3H3. The molecule has 14 heavy (non-hydrogen) atoms. The molecule has 0 atom stereocenters. The molecule has 2 aromatic rings. The molecule has 0 aliphatic carbocycles. The average Bonchev–Trinajstić information content (AvgIpc) is 2.54. The Kier molecular flexibility index (Phi) is 1.81. The summed E-state index contributed by atoms with van der Waals surface area (Å²) in [5.41, 5.74) is -0.268. The molecule has 0 N–H and O–H groups in total. The maximum Gasteiger partial charge on any atom is 0.331 e. The minimum Gasteiger partial charge on any atom is -0.286 e. The Morgan fingerprint density at radius 1 is 1.21 bits per heavy atom. The number of hydrogen-bond donors (Lipinski definition) is 0. The van der Waals surface area contributed by atoms with E-state index in [2.05, 4.69) is 4.98 Å². The summed E-state index contributed by atoms with van der Waals surface area (Å²) in [6.45, 7) is 1.81. The molecule has 0 saturated carbocycles. The van der Waals surface area contributed by atoms with Crippen LogP contribution in [0.5, 0.6) is 0 Å². The van der Waals surface area contributed by atoms with Crippen LogP contribution in [-0.2, 0) is 14.1 Å². The molecule has 2 rings (SSSR count). The molecule has 0 saturated heterocycles. The van der Waals surface area contributed by atoms with Crippen LogP contribution in [0.4, 0.5) is 0 Å². The van der Waals surface area contributed by atoms with Crippen molar-refractivity contribution in [2.45, 2.75) is 6.92 Å². The summed E-state index contributed by atoms with van der Waals surface area (Å²) in [6, 6.07) is 0. The topological polar surface area (TPSA) is 56.9 Å². The number of aryl methyl sites for hydroxylation is 2. The van der Waals surface area contributed by atoms with Gasteiger partial charge in [0, 0.05) is 14.1 Å². The van der Waals surface area contributed by atoms with E-state index < -0.39 is 0 Å². The number of rotatable bonds is 0. The molecule has 0 radical (unpaired) electrons. The van der Waals surface area contributed by atoms with Gasteiger partial charge in [-0.3, -0.25) is 13.9 Å². The minimum atomic E-state index is -0.326. The Balaban J connectivity index is 3.17. The maximum absolute atomic E-state index is 11.6. The monoisotopic (exact) mass is 211 g/mol. The summed E-state index contributed by atoms with van der Waals surface area (Å²) in [5.74, 6) is 0. The smallest absolute Gasteiger partial charge is 0.286 e. The molecule has 0 bridgehead atoms. The van der Waals surface area contributed by atoms with Crippen molar-refractivity contribution in [3.05, 3.63) is 25.8 Å². The van der Waals surface area contributed by atoms with Crippen LogP contribution in [0.3, 0.4) is 0 Å². The third-order valence-electron chi connectivity index (χ3n) is 2.10. The fourth-order valence-electron chi connectivity index (χ4n) is 1.34. The number of aromatic nitrogens is 3. The predicted molar refractivity (Wildman–Crippen MR) is 54.8 cm³/mol. The molecule has 0 unspecified atom stereocenters. The Bertz CT molecular complexity index is 620. The van der Waals surface area contributed by atoms with Gasteiger partial charge in [0.1, 0.15) is 4.83 Å². The van der Waals surface area contributed by atoms with Gasteiger partial charge < -0.3 is 0 Å². The predicted octanol–water partition coefficient (Wildman–Crippen LogP) is 0.00212. The fraction of sp³-hybridized carbons (Fsp3) is 0.375. The van der Waals surface area contributed by atoms with E-state index in [0.717, 1.165) is 9.57 Å². The van der Waals surface area contributed by atoms with Crippen molar-refractivity contribution < 1.29 is 0 Å². The van der Waals surface area contributed by atoms with Gasteiger partial charge in [0.2, 0.25) is 0 Å². The number of nitrogens with zero attached hydrogens (tertiary/aromatic N) is 3. The van der Waals surface area contributed by atoms with Crippen LogP contribution >= 0.6 is 11.3 Å². The quantitative estimate of drug-likeness (QED) is 0.616. The lowest BCUT2D eigenvalue weighted by molar-refractivity contribution is 0.715. The summed E-state index contributed by atoms with van der Waals surface area (Å²) in [6.07, 6.45) is 0. The molecule has 0 fully saturated rings. The van der Waals surface area contributed by atoms with E-state index in [0.29, 0.717) is 10.3 Å². The zero-order valence-corrected chi connectivity index (χ0v) is 8.88. The number of hydrogen-bond acceptors (Lipinski definition) is 4. The van der Waals surface area contributed by atoms with Crippen LogP contribution < -0.4 is 11.2 Å². The second kappa shape index (κ2) is 2.78. The van der Waals surface area contributed by atoms with Gasteiger partial charge in [0.15, 0.2) is 5.52 Å². The lowest BCUT2D eigenvalue weighted by Crippen LogP contribution is -2.36. The Labute approximate surface area is 83.3 Å². The molecule has 0 aliphatic heterocycles. The summed E-state index contributed by atoms with van der Waals surface area (Å²) in [7, 11) is 3.10. The summed E-state index contributed by atoms with van der Waals surface area (Å²) in [5, 5.41) is 0.790. The highest BCUT2D eigenvalue weighted by atomic mass is 32.1. The highest BCUT2D eigenvalue weighted by Gasteiger charge is 2.11. The minimum absolute atomic E-state index is 0.314. The molecule has 6 heteroatoms. The molecular weight excluding hydrogens is 202 g/mol. The van der Waals surface area contributed by atoms with Crippen LogP contribution in [-0.4, -0.2) is 14.1 Å². The third kappa shape index (κ3) is 1.04. The zero-order chi connectivity index (χ0) is 10.5. The lowest BCUT2D eigenvalue weighted by Gasteiger charge is -2.00. The Hall–Kier alpha value is -1.43. The van der Waals surface area contributed by atoms with E-state index >= 15 is 0 Å². The van der Waals surface area contributed by atoms with Crippen molar-refractivity contribution in [3.8, 4) is 0 Å². The van der Waals surface area contributed by atoms with Crippen molar-refractivity contribution in [1.82, 2.24) is 14.1 Å². The van der Waals surface area contributed by atoms with Gasteiger partial charge in [-0.2, -0.15) is 0 Å². The lowest BCUT2D eigenvalue weighted by atomic mass is 10.5. The van der Waals surface area contributed by atoms with Gasteiger partial charge in [-0.15, -0.1) is 11.3 Å². The molecule has 0 aromatic carbocycles. The van der Waals surface area contributed by atoms with E-state index in [4.69, 9.17) is 0 Å². The van der Waals surface area contributed by atoms with Crippen LogP contribution in [0.15, 0.2) is 9.59 Å². The first-order valence-corrected chi connectivity index (χ1v) is 4.87. The molecule has 0 spiro atoms. The van der Waals surface area contributed by atoms with Crippen LogP contribution in [0.2, 0.25) is 0 Å². The van der Waals surface area contributed by atoms with Gasteiger partial charge in [-0.05, 0) is 6.92 Å². The summed E-state index contributed by atoms with van der Waals surface area (Å²) >= 11 is 1.35. The van der Waals surface area contributed by atoms with Gasteiger partial charge in [-0.1, -0.05) is 0 Å². The second-order valence-electron chi connectivity index (χ2n) is 3.09. The van der Waals surface area contributed by atoms with Gasteiger partial charge in [0.25, 0.3) is 5.56 Å². The largest absolute Gasteiger partial charge is 0.331 e. The number of thiazole rings is 1. The third-order valence-corrected chi connectivity index (χ3v) is 3.15. The Morgan fingerprint density at radius 2 is 1.86 bits per heavy atom. The van der Waals surface area contributed by atoms with E-state index in [1.807, 2.05) is 6.92 Å². The fourth-order valence-corrected chi connectivity index (χ4v) is 2.20. The van der Waals surface area contributed by atoms with Crippen molar-refractivity contribution in [3.63, 3.8) is 0 Å². The molecule has 0 amide bonds. The second-order valence-corrected chi connectivity index (χ2v) is 4.27. The van der Waals surface area contributed by atoms with Crippen molar-refractivity contribution in [2.75, 3.05) is 0 Å².